The lowest BCUT2D eigenvalue weighted by molar-refractivity contribution is 0.396. The molecule has 1 aromatic heterocycles. The summed E-state index contributed by atoms with van der Waals surface area (Å²) in [6.45, 7) is 0. The van der Waals surface area contributed by atoms with E-state index >= 15 is 0 Å². The van der Waals surface area contributed by atoms with Crippen molar-refractivity contribution in [1.29, 1.82) is 0 Å². The van der Waals surface area contributed by atoms with Crippen LogP contribution >= 0.6 is 11.6 Å². The van der Waals surface area contributed by atoms with Gasteiger partial charge in [-0.25, -0.2) is 4.98 Å². The average molecular weight is 304 g/mol. The Morgan fingerprint density at radius 2 is 1.52 bits per heavy atom. The van der Waals surface area contributed by atoms with Crippen molar-refractivity contribution in [2.24, 2.45) is 0 Å². The summed E-state index contributed by atoms with van der Waals surface area (Å²) in [6, 6.07) is 9.49. The molecule has 3 aromatic rings. The first-order valence-electron chi connectivity index (χ1n) is 6.38. The number of benzene rings is 2. The molecule has 2 aromatic carbocycles. The molecule has 0 unspecified atom stereocenters. The van der Waals surface area contributed by atoms with Gasteiger partial charge < -0.3 is 14.2 Å². The third kappa shape index (κ3) is 2.03. The fourth-order valence-corrected chi connectivity index (χ4v) is 2.81. The molecule has 1 heterocycles. The largest absolute Gasteiger partial charge is 0.495 e. The molecule has 0 saturated carbocycles. The molecule has 0 aliphatic rings. The van der Waals surface area contributed by atoms with Crippen molar-refractivity contribution in [3.8, 4) is 17.4 Å². The Hall–Kier alpha value is -2.20. The van der Waals surface area contributed by atoms with E-state index in [2.05, 4.69) is 4.98 Å². The number of nitrogens with zero attached hydrogens (tertiary/aromatic N) is 1. The lowest BCUT2D eigenvalue weighted by Gasteiger charge is -2.15. The van der Waals surface area contributed by atoms with Gasteiger partial charge in [-0.2, -0.15) is 0 Å². The van der Waals surface area contributed by atoms with Crippen molar-refractivity contribution in [2.45, 2.75) is 0 Å². The Labute approximate surface area is 127 Å². The summed E-state index contributed by atoms with van der Waals surface area (Å²) in [4.78, 5) is 4.47. The molecular weight excluding hydrogens is 290 g/mol. The Kier molecular flexibility index (Phi) is 3.47. The zero-order chi connectivity index (χ0) is 15.0. The topological polar surface area (TPSA) is 40.6 Å². The maximum Gasteiger partial charge on any atom is 0.215 e. The van der Waals surface area contributed by atoms with Gasteiger partial charge >= 0.3 is 0 Å². The minimum atomic E-state index is 0.433. The molecule has 0 amide bonds. The van der Waals surface area contributed by atoms with Crippen LogP contribution < -0.4 is 14.2 Å². The van der Waals surface area contributed by atoms with Gasteiger partial charge in [0.05, 0.1) is 31.7 Å². The predicted octanol–water partition coefficient (Wildman–Crippen LogP) is 4.07. The van der Waals surface area contributed by atoms with Crippen LogP contribution in [0.15, 0.2) is 30.3 Å². The number of methoxy groups -OCH3 is 3. The van der Waals surface area contributed by atoms with E-state index in [1.807, 2.05) is 24.3 Å². The molecule has 4 nitrogen and oxygen atoms in total. The highest BCUT2D eigenvalue weighted by Gasteiger charge is 2.19. The lowest BCUT2D eigenvalue weighted by Crippen LogP contribution is -1.97. The van der Waals surface area contributed by atoms with Gasteiger partial charge in [0.25, 0.3) is 0 Å². The number of halogens is 1. The van der Waals surface area contributed by atoms with Crippen molar-refractivity contribution in [2.75, 3.05) is 21.3 Å². The maximum absolute atomic E-state index is 6.40. The summed E-state index contributed by atoms with van der Waals surface area (Å²) >= 11 is 6.40. The zero-order valence-electron chi connectivity index (χ0n) is 11.9. The first kappa shape index (κ1) is 13.8. The average Bonchev–Trinajstić information content (AvgIpc) is 2.52. The van der Waals surface area contributed by atoms with Gasteiger partial charge in [0.15, 0.2) is 5.75 Å². The monoisotopic (exact) mass is 303 g/mol. The van der Waals surface area contributed by atoms with Crippen LogP contribution in [0.5, 0.6) is 17.4 Å². The first-order valence-corrected chi connectivity index (χ1v) is 6.76. The van der Waals surface area contributed by atoms with Crippen LogP contribution in [0.3, 0.4) is 0 Å². The van der Waals surface area contributed by atoms with Gasteiger partial charge in [-0.05, 0) is 0 Å². The van der Waals surface area contributed by atoms with E-state index in [0.29, 0.717) is 27.9 Å². The summed E-state index contributed by atoms with van der Waals surface area (Å²) in [6.07, 6.45) is 0. The molecule has 0 atom stereocenters. The van der Waals surface area contributed by atoms with Crippen molar-refractivity contribution in [1.82, 2.24) is 4.98 Å². The summed E-state index contributed by atoms with van der Waals surface area (Å²) < 4.78 is 16.3. The third-order valence-corrected chi connectivity index (χ3v) is 3.72. The van der Waals surface area contributed by atoms with Crippen LogP contribution in [-0.2, 0) is 0 Å². The molecule has 5 heteroatoms. The standard InChI is InChI=1S/C16H14ClNO3/c1-19-12-8-11(17)13-14(18-12)16(21-3)10-7-5-4-6-9(10)15(13)20-2/h4-8H,1-3H3. The number of aromatic nitrogens is 1. The van der Waals surface area contributed by atoms with E-state index in [1.54, 1.807) is 27.4 Å². The van der Waals surface area contributed by atoms with E-state index in [0.717, 1.165) is 16.2 Å². The predicted molar refractivity (Wildman–Crippen MR) is 83.9 cm³/mol. The molecule has 21 heavy (non-hydrogen) atoms. The Morgan fingerprint density at radius 1 is 0.905 bits per heavy atom. The molecule has 0 spiro atoms. The van der Waals surface area contributed by atoms with E-state index in [1.165, 1.54) is 0 Å². The zero-order valence-corrected chi connectivity index (χ0v) is 12.7. The van der Waals surface area contributed by atoms with Gasteiger partial charge in [-0.15, -0.1) is 0 Å². The van der Waals surface area contributed by atoms with E-state index in [4.69, 9.17) is 25.8 Å². The molecule has 0 aliphatic heterocycles. The molecule has 0 fully saturated rings. The van der Waals surface area contributed by atoms with Gasteiger partial charge in [-0.1, -0.05) is 35.9 Å². The van der Waals surface area contributed by atoms with Crippen molar-refractivity contribution in [3.63, 3.8) is 0 Å². The van der Waals surface area contributed by atoms with Gasteiger partial charge in [0, 0.05) is 16.8 Å². The van der Waals surface area contributed by atoms with Crippen LogP contribution in [-0.4, -0.2) is 26.3 Å². The number of pyridine rings is 1. The summed E-state index contributed by atoms with van der Waals surface area (Å²) in [7, 11) is 4.78. The normalized spacial score (nSPS) is 10.9. The van der Waals surface area contributed by atoms with Crippen LogP contribution in [0, 0.1) is 0 Å². The van der Waals surface area contributed by atoms with Crippen LogP contribution in [0.4, 0.5) is 0 Å². The van der Waals surface area contributed by atoms with Gasteiger partial charge in [0.2, 0.25) is 5.88 Å². The molecule has 3 rings (SSSR count). The number of ether oxygens (including phenoxy) is 3. The Balaban J connectivity index is 2.60. The Bertz CT molecular complexity index is 833. The number of hydrogen-bond donors (Lipinski definition) is 0. The molecule has 0 bridgehead atoms. The Morgan fingerprint density at radius 3 is 2.10 bits per heavy atom. The van der Waals surface area contributed by atoms with Crippen molar-refractivity contribution >= 4 is 33.3 Å². The number of rotatable bonds is 3. The molecule has 0 N–H and O–H groups in total. The summed E-state index contributed by atoms with van der Waals surface area (Å²) in [5, 5.41) is 3.08. The van der Waals surface area contributed by atoms with E-state index in [-0.39, 0.29) is 0 Å². The smallest absolute Gasteiger partial charge is 0.215 e. The minimum Gasteiger partial charge on any atom is -0.495 e. The fraction of sp³-hybridized carbons (Fsp3) is 0.188. The van der Waals surface area contributed by atoms with Crippen LogP contribution in [0.2, 0.25) is 5.02 Å². The number of fused-ring (bicyclic) bond motifs is 2. The quantitative estimate of drug-likeness (QED) is 0.684. The van der Waals surface area contributed by atoms with Crippen molar-refractivity contribution < 1.29 is 14.2 Å². The highest BCUT2D eigenvalue weighted by Crippen LogP contribution is 2.45. The molecular formula is C16H14ClNO3. The maximum atomic E-state index is 6.40. The number of hydrogen-bond acceptors (Lipinski definition) is 4. The first-order chi connectivity index (χ1) is 10.2. The van der Waals surface area contributed by atoms with Gasteiger partial charge in [0.1, 0.15) is 11.3 Å². The SMILES string of the molecule is COc1cc(Cl)c2c(OC)c3ccccc3c(OC)c2n1. The molecule has 0 saturated heterocycles. The lowest BCUT2D eigenvalue weighted by atomic mass is 10.0. The van der Waals surface area contributed by atoms with Crippen LogP contribution in [0.1, 0.15) is 0 Å². The van der Waals surface area contributed by atoms with Crippen molar-refractivity contribution in [3.05, 3.63) is 35.4 Å². The summed E-state index contributed by atoms with van der Waals surface area (Å²) in [5.74, 6) is 1.77. The minimum absolute atomic E-state index is 0.433. The fourth-order valence-electron chi connectivity index (χ4n) is 2.54. The third-order valence-electron chi connectivity index (χ3n) is 3.42. The highest BCUT2D eigenvalue weighted by atomic mass is 35.5. The highest BCUT2D eigenvalue weighted by molar-refractivity contribution is 6.37. The second-order valence-corrected chi connectivity index (χ2v) is 4.89. The second-order valence-electron chi connectivity index (χ2n) is 4.48. The van der Waals surface area contributed by atoms with E-state index in [9.17, 15) is 0 Å². The van der Waals surface area contributed by atoms with Crippen LogP contribution in [0.25, 0.3) is 21.7 Å². The molecule has 0 radical (unpaired) electrons. The van der Waals surface area contributed by atoms with E-state index < -0.39 is 0 Å². The molecule has 108 valence electrons. The summed E-state index contributed by atoms with van der Waals surface area (Å²) in [5.41, 5.74) is 0.623. The molecule has 0 aliphatic carbocycles. The van der Waals surface area contributed by atoms with Gasteiger partial charge in [-0.3, -0.25) is 0 Å². The second kappa shape index (κ2) is 5.30.